The number of nitrogens with one attached hydrogen (secondary N) is 2. The molecular formula is C25H27N5O4S. The summed E-state index contributed by atoms with van der Waals surface area (Å²) in [4.78, 5) is 23.6. The van der Waals surface area contributed by atoms with Crippen LogP contribution >= 0.6 is 0 Å². The Morgan fingerprint density at radius 2 is 1.69 bits per heavy atom. The maximum Gasteiger partial charge on any atom is 0.318 e. The summed E-state index contributed by atoms with van der Waals surface area (Å²) in [6, 6.07) is 17.2. The van der Waals surface area contributed by atoms with Crippen LogP contribution in [0.25, 0.3) is 11.4 Å². The molecule has 2 aromatic carbocycles. The van der Waals surface area contributed by atoms with Gasteiger partial charge in [0.25, 0.3) is 0 Å². The molecule has 1 saturated carbocycles. The van der Waals surface area contributed by atoms with Gasteiger partial charge in [0.15, 0.2) is 15.7 Å². The molecule has 2 amide bonds. The molecular weight excluding hydrogens is 466 g/mol. The van der Waals surface area contributed by atoms with Gasteiger partial charge in [-0.25, -0.2) is 23.2 Å². The van der Waals surface area contributed by atoms with E-state index in [9.17, 15) is 13.2 Å². The maximum absolute atomic E-state index is 13.7. The SMILES string of the molecule is CNC(=O)Nc1ccc(-c2nc(N3CCOCC3)cc(C3(S(=O)(=O)c4ccccc4)CC3)n2)cc1. The van der Waals surface area contributed by atoms with Crippen LogP contribution in [0.3, 0.4) is 0 Å². The number of carbonyl (C=O) groups is 1. The molecule has 1 aliphatic heterocycles. The zero-order valence-corrected chi connectivity index (χ0v) is 20.2. The highest BCUT2D eigenvalue weighted by Crippen LogP contribution is 2.55. The second-order valence-electron chi connectivity index (χ2n) is 8.63. The van der Waals surface area contributed by atoms with E-state index in [0.717, 1.165) is 5.56 Å². The Labute approximate surface area is 204 Å². The van der Waals surface area contributed by atoms with Crippen molar-refractivity contribution in [2.75, 3.05) is 43.6 Å². The zero-order valence-electron chi connectivity index (χ0n) is 19.4. The van der Waals surface area contributed by atoms with Crippen LogP contribution in [-0.2, 0) is 19.3 Å². The van der Waals surface area contributed by atoms with Crippen LogP contribution in [0.5, 0.6) is 0 Å². The van der Waals surface area contributed by atoms with Crippen LogP contribution < -0.4 is 15.5 Å². The van der Waals surface area contributed by atoms with Crippen molar-refractivity contribution < 1.29 is 17.9 Å². The number of hydrogen-bond acceptors (Lipinski definition) is 7. The van der Waals surface area contributed by atoms with E-state index in [1.165, 1.54) is 0 Å². The third-order valence-corrected chi connectivity index (χ3v) is 8.95. The number of aromatic nitrogens is 2. The van der Waals surface area contributed by atoms with Gasteiger partial charge in [0.2, 0.25) is 0 Å². The zero-order chi connectivity index (χ0) is 24.5. The lowest BCUT2D eigenvalue weighted by atomic mass is 10.1. The highest BCUT2D eigenvalue weighted by Gasteiger charge is 2.58. The lowest BCUT2D eigenvalue weighted by Gasteiger charge is -2.29. The van der Waals surface area contributed by atoms with Gasteiger partial charge in [-0.3, -0.25) is 0 Å². The quantitative estimate of drug-likeness (QED) is 0.542. The van der Waals surface area contributed by atoms with Crippen molar-refractivity contribution in [1.82, 2.24) is 15.3 Å². The molecule has 2 fully saturated rings. The van der Waals surface area contributed by atoms with Crippen molar-refractivity contribution in [1.29, 1.82) is 0 Å². The van der Waals surface area contributed by atoms with Crippen LogP contribution in [0, 0.1) is 0 Å². The molecule has 1 aliphatic carbocycles. The number of rotatable bonds is 6. The Kier molecular flexibility index (Phi) is 6.16. The summed E-state index contributed by atoms with van der Waals surface area (Å²) < 4.78 is 31.8. The Morgan fingerprint density at radius 1 is 1.00 bits per heavy atom. The molecule has 1 aromatic heterocycles. The van der Waals surface area contributed by atoms with Crippen molar-refractivity contribution in [2.24, 2.45) is 0 Å². The van der Waals surface area contributed by atoms with Gasteiger partial charge in [-0.1, -0.05) is 18.2 Å². The average molecular weight is 494 g/mol. The Bertz CT molecular complexity index is 1320. The first-order valence-electron chi connectivity index (χ1n) is 11.5. The molecule has 2 aliphatic rings. The molecule has 2 N–H and O–H groups in total. The fourth-order valence-corrected chi connectivity index (χ4v) is 6.23. The molecule has 3 aromatic rings. The first-order valence-corrected chi connectivity index (χ1v) is 13.0. The number of urea groups is 1. The van der Waals surface area contributed by atoms with Crippen LogP contribution in [0.15, 0.2) is 65.6 Å². The lowest BCUT2D eigenvalue weighted by Crippen LogP contribution is -2.37. The van der Waals surface area contributed by atoms with Gasteiger partial charge in [0.1, 0.15) is 10.6 Å². The predicted octanol–water partition coefficient (Wildman–Crippen LogP) is 3.19. The lowest BCUT2D eigenvalue weighted by molar-refractivity contribution is 0.122. The molecule has 2 heterocycles. The van der Waals surface area contributed by atoms with Crippen LogP contribution in [0.1, 0.15) is 18.5 Å². The molecule has 0 unspecified atom stereocenters. The third kappa shape index (κ3) is 4.46. The van der Waals surface area contributed by atoms with Crippen LogP contribution in [-0.4, -0.2) is 57.8 Å². The normalized spacial score (nSPS) is 17.0. The largest absolute Gasteiger partial charge is 0.378 e. The fraction of sp³-hybridized carbons (Fsp3) is 0.320. The molecule has 5 rings (SSSR count). The van der Waals surface area contributed by atoms with Crippen molar-refractivity contribution in [3.05, 3.63) is 66.4 Å². The maximum atomic E-state index is 13.7. The van der Waals surface area contributed by atoms with Gasteiger partial charge >= 0.3 is 6.03 Å². The van der Waals surface area contributed by atoms with E-state index in [-0.39, 0.29) is 6.03 Å². The van der Waals surface area contributed by atoms with Gasteiger partial charge in [-0.2, -0.15) is 0 Å². The highest BCUT2D eigenvalue weighted by atomic mass is 32.2. The summed E-state index contributed by atoms with van der Waals surface area (Å²) in [5, 5.41) is 5.24. The number of benzene rings is 2. The van der Waals surface area contributed by atoms with E-state index < -0.39 is 14.6 Å². The Morgan fingerprint density at radius 3 is 2.31 bits per heavy atom. The standard InChI is InChI=1S/C25H27N5O4S/c1-26-24(31)27-19-9-7-18(8-10-19)23-28-21(17-22(29-23)30-13-15-34-16-14-30)25(11-12-25)35(32,33)20-5-3-2-4-6-20/h2-10,17H,11-16H2,1H3,(H2,26,27,31). The predicted molar refractivity (Wildman–Crippen MR) is 133 cm³/mol. The van der Waals surface area contributed by atoms with Crippen molar-refractivity contribution in [3.63, 3.8) is 0 Å². The molecule has 9 nitrogen and oxygen atoms in total. The van der Waals surface area contributed by atoms with Crippen molar-refractivity contribution in [3.8, 4) is 11.4 Å². The number of sulfone groups is 1. The molecule has 0 atom stereocenters. The van der Waals surface area contributed by atoms with E-state index in [2.05, 4.69) is 15.5 Å². The Balaban J connectivity index is 1.57. The number of nitrogens with zero attached hydrogens (tertiary/aromatic N) is 3. The monoisotopic (exact) mass is 493 g/mol. The molecule has 35 heavy (non-hydrogen) atoms. The van der Waals surface area contributed by atoms with E-state index in [4.69, 9.17) is 14.7 Å². The van der Waals surface area contributed by atoms with Crippen LogP contribution in [0.2, 0.25) is 0 Å². The van der Waals surface area contributed by atoms with Gasteiger partial charge in [-0.15, -0.1) is 0 Å². The average Bonchev–Trinajstić information content (AvgIpc) is 3.73. The summed E-state index contributed by atoms with van der Waals surface area (Å²) >= 11 is 0. The van der Waals surface area contributed by atoms with Crippen LogP contribution in [0.4, 0.5) is 16.3 Å². The Hall–Kier alpha value is -3.50. The molecule has 0 spiro atoms. The summed E-state index contributed by atoms with van der Waals surface area (Å²) in [6.07, 6.45) is 1.02. The van der Waals surface area contributed by atoms with Gasteiger partial charge in [0, 0.05) is 37.5 Å². The second kappa shape index (κ2) is 9.27. The summed E-state index contributed by atoms with van der Waals surface area (Å²) in [5.74, 6) is 1.14. The number of carbonyl (C=O) groups excluding carboxylic acids is 1. The smallest absolute Gasteiger partial charge is 0.318 e. The minimum absolute atomic E-state index is 0.301. The van der Waals surface area contributed by atoms with E-state index in [0.29, 0.717) is 67.1 Å². The van der Waals surface area contributed by atoms with E-state index >= 15 is 0 Å². The fourth-order valence-electron chi connectivity index (χ4n) is 4.25. The van der Waals surface area contributed by atoms with Gasteiger partial charge in [0.05, 0.1) is 23.8 Å². The third-order valence-electron chi connectivity index (χ3n) is 6.41. The van der Waals surface area contributed by atoms with E-state index in [1.807, 2.05) is 18.2 Å². The first kappa shape index (κ1) is 23.3. The summed E-state index contributed by atoms with van der Waals surface area (Å²) in [6.45, 7) is 2.51. The number of ether oxygens (including phenoxy) is 1. The van der Waals surface area contributed by atoms with Gasteiger partial charge in [-0.05, 0) is 49.2 Å². The summed E-state index contributed by atoms with van der Waals surface area (Å²) in [5.41, 5.74) is 1.88. The van der Waals surface area contributed by atoms with Crippen molar-refractivity contribution in [2.45, 2.75) is 22.5 Å². The molecule has 1 saturated heterocycles. The molecule has 0 bridgehead atoms. The highest BCUT2D eigenvalue weighted by molar-refractivity contribution is 7.92. The van der Waals surface area contributed by atoms with E-state index in [1.54, 1.807) is 49.5 Å². The molecule has 0 radical (unpaired) electrons. The second-order valence-corrected chi connectivity index (χ2v) is 10.9. The van der Waals surface area contributed by atoms with Gasteiger partial charge < -0.3 is 20.3 Å². The molecule has 10 heteroatoms. The summed E-state index contributed by atoms with van der Waals surface area (Å²) in [7, 11) is -2.09. The van der Waals surface area contributed by atoms with Crippen molar-refractivity contribution >= 4 is 27.4 Å². The number of hydrogen-bond donors (Lipinski definition) is 2. The minimum Gasteiger partial charge on any atom is -0.378 e. The first-order chi connectivity index (χ1) is 16.9. The topological polar surface area (TPSA) is 114 Å². The number of amides is 2. The number of anilines is 2. The number of morpholine rings is 1. The molecule has 182 valence electrons. The minimum atomic E-state index is -3.64.